The van der Waals surface area contributed by atoms with Gasteiger partial charge in [0.15, 0.2) is 4.96 Å². The van der Waals surface area contributed by atoms with E-state index in [4.69, 9.17) is 4.98 Å². The van der Waals surface area contributed by atoms with Crippen LogP contribution in [-0.4, -0.2) is 9.38 Å². The standard InChI is InChI=1S/C19H14F2IN3S/c1-10-11(2)26-19-24-17(15-8-5-13(21)9-16(15)22)18(25(10)19)23-14-6-3-12(20)4-7-14/h3-9,23H,1-2H3. The summed E-state index contributed by atoms with van der Waals surface area (Å²) >= 11 is 3.72. The minimum atomic E-state index is -0.287. The molecule has 0 amide bonds. The van der Waals surface area contributed by atoms with E-state index in [2.05, 4.69) is 39.2 Å². The van der Waals surface area contributed by atoms with Gasteiger partial charge in [-0.2, -0.15) is 0 Å². The summed E-state index contributed by atoms with van der Waals surface area (Å²) in [6.07, 6.45) is 0. The molecule has 0 atom stereocenters. The Kier molecular flexibility index (Phi) is 4.44. The second kappa shape index (κ2) is 6.62. The van der Waals surface area contributed by atoms with Crippen LogP contribution in [0.3, 0.4) is 0 Å². The molecule has 0 saturated heterocycles. The molecule has 0 aliphatic heterocycles. The predicted molar refractivity (Wildman–Crippen MR) is 110 cm³/mol. The monoisotopic (exact) mass is 481 g/mol. The lowest BCUT2D eigenvalue weighted by Crippen LogP contribution is -1.99. The van der Waals surface area contributed by atoms with E-state index < -0.39 is 0 Å². The summed E-state index contributed by atoms with van der Waals surface area (Å²) in [6, 6.07) is 10.8. The average molecular weight is 481 g/mol. The van der Waals surface area contributed by atoms with E-state index in [1.165, 1.54) is 29.1 Å². The van der Waals surface area contributed by atoms with Gasteiger partial charge in [-0.05, 0) is 78.9 Å². The summed E-state index contributed by atoms with van der Waals surface area (Å²) in [5.41, 5.74) is 3.44. The zero-order valence-corrected chi connectivity index (χ0v) is 17.0. The van der Waals surface area contributed by atoms with Crippen molar-refractivity contribution in [3.63, 3.8) is 0 Å². The zero-order chi connectivity index (χ0) is 18.4. The molecule has 26 heavy (non-hydrogen) atoms. The molecule has 0 spiro atoms. The van der Waals surface area contributed by atoms with Gasteiger partial charge in [0.25, 0.3) is 0 Å². The van der Waals surface area contributed by atoms with Crippen molar-refractivity contribution < 1.29 is 8.78 Å². The lowest BCUT2D eigenvalue weighted by atomic mass is 10.1. The molecule has 0 unspecified atom stereocenters. The first-order chi connectivity index (χ1) is 12.4. The SMILES string of the molecule is Cc1sc2nc(-c3ccc(F)cc3I)c(Nc3ccc(F)cc3)n2c1C. The molecule has 4 rings (SSSR count). The van der Waals surface area contributed by atoms with E-state index in [0.29, 0.717) is 0 Å². The molecule has 7 heteroatoms. The Hall–Kier alpha value is -2.00. The number of fused-ring (bicyclic) bond motifs is 1. The summed E-state index contributed by atoms with van der Waals surface area (Å²) in [5, 5.41) is 3.36. The van der Waals surface area contributed by atoms with Crippen LogP contribution < -0.4 is 5.32 Å². The molecule has 0 fully saturated rings. The first-order valence-corrected chi connectivity index (χ1v) is 9.80. The third kappa shape index (κ3) is 2.99. The van der Waals surface area contributed by atoms with Crippen LogP contribution in [0.2, 0.25) is 0 Å². The number of benzene rings is 2. The van der Waals surface area contributed by atoms with Gasteiger partial charge in [0.1, 0.15) is 23.1 Å². The van der Waals surface area contributed by atoms with Gasteiger partial charge in [0, 0.05) is 25.4 Å². The summed E-state index contributed by atoms with van der Waals surface area (Å²) in [5.74, 6) is 0.224. The van der Waals surface area contributed by atoms with Crippen molar-refractivity contribution in [2.75, 3.05) is 5.32 Å². The van der Waals surface area contributed by atoms with Crippen LogP contribution in [0, 0.1) is 29.1 Å². The third-order valence-corrected chi connectivity index (χ3v) is 6.18. The van der Waals surface area contributed by atoms with Crippen molar-refractivity contribution >= 4 is 50.4 Å². The van der Waals surface area contributed by atoms with E-state index in [9.17, 15) is 8.78 Å². The number of nitrogens with zero attached hydrogens (tertiary/aromatic N) is 2. The quantitative estimate of drug-likeness (QED) is 0.348. The van der Waals surface area contributed by atoms with Crippen LogP contribution in [0.15, 0.2) is 42.5 Å². The number of aryl methyl sites for hydroxylation is 2. The molecule has 0 aliphatic carbocycles. The van der Waals surface area contributed by atoms with Gasteiger partial charge in [0.2, 0.25) is 0 Å². The van der Waals surface area contributed by atoms with E-state index >= 15 is 0 Å². The highest BCUT2D eigenvalue weighted by Crippen LogP contribution is 2.37. The van der Waals surface area contributed by atoms with Crippen LogP contribution in [0.4, 0.5) is 20.3 Å². The molecular formula is C19H14F2IN3S. The van der Waals surface area contributed by atoms with Crippen molar-refractivity contribution in [1.82, 2.24) is 9.38 Å². The second-order valence-corrected chi connectivity index (χ2v) is 8.27. The van der Waals surface area contributed by atoms with Gasteiger partial charge in [-0.3, -0.25) is 4.40 Å². The summed E-state index contributed by atoms with van der Waals surface area (Å²) in [7, 11) is 0. The van der Waals surface area contributed by atoms with Gasteiger partial charge < -0.3 is 5.32 Å². The number of anilines is 2. The maximum atomic E-state index is 13.5. The molecular weight excluding hydrogens is 467 g/mol. The fraction of sp³-hybridized carbons (Fsp3) is 0.105. The topological polar surface area (TPSA) is 29.3 Å². The Labute approximate surface area is 166 Å². The van der Waals surface area contributed by atoms with Gasteiger partial charge in [-0.15, -0.1) is 11.3 Å². The lowest BCUT2D eigenvalue weighted by molar-refractivity contribution is 0.627. The highest BCUT2D eigenvalue weighted by molar-refractivity contribution is 14.1. The molecule has 0 aliphatic rings. The van der Waals surface area contributed by atoms with Gasteiger partial charge in [0.05, 0.1) is 0 Å². The minimum absolute atomic E-state index is 0.278. The van der Waals surface area contributed by atoms with Gasteiger partial charge in [-0.25, -0.2) is 13.8 Å². The third-order valence-electron chi connectivity index (χ3n) is 4.23. The van der Waals surface area contributed by atoms with Crippen molar-refractivity contribution in [1.29, 1.82) is 0 Å². The fourth-order valence-electron chi connectivity index (χ4n) is 2.80. The number of aromatic nitrogens is 2. The molecule has 1 N–H and O–H groups in total. The van der Waals surface area contributed by atoms with Crippen LogP contribution >= 0.6 is 33.9 Å². The van der Waals surface area contributed by atoms with E-state index in [0.717, 1.165) is 37.0 Å². The van der Waals surface area contributed by atoms with Gasteiger partial charge >= 0.3 is 0 Å². The normalized spacial score (nSPS) is 11.3. The highest BCUT2D eigenvalue weighted by Gasteiger charge is 2.20. The molecule has 2 aromatic heterocycles. The Morgan fingerprint density at radius 2 is 1.73 bits per heavy atom. The number of thiazole rings is 1. The number of nitrogens with one attached hydrogen (secondary N) is 1. The number of halogens is 3. The smallest absolute Gasteiger partial charge is 0.196 e. The van der Waals surface area contributed by atoms with Gasteiger partial charge in [-0.1, -0.05) is 0 Å². The summed E-state index contributed by atoms with van der Waals surface area (Å²) < 4.78 is 29.6. The number of hydrogen-bond donors (Lipinski definition) is 1. The van der Waals surface area contributed by atoms with Crippen molar-refractivity contribution in [2.24, 2.45) is 0 Å². The maximum absolute atomic E-state index is 13.5. The zero-order valence-electron chi connectivity index (χ0n) is 14.0. The first-order valence-electron chi connectivity index (χ1n) is 7.90. The molecule has 0 radical (unpaired) electrons. The largest absolute Gasteiger partial charge is 0.339 e. The van der Waals surface area contributed by atoms with Crippen molar-refractivity contribution in [2.45, 2.75) is 13.8 Å². The minimum Gasteiger partial charge on any atom is -0.339 e. The van der Waals surface area contributed by atoms with Crippen molar-refractivity contribution in [3.05, 3.63) is 68.2 Å². The van der Waals surface area contributed by atoms with E-state index in [1.807, 2.05) is 6.92 Å². The Morgan fingerprint density at radius 3 is 2.42 bits per heavy atom. The van der Waals surface area contributed by atoms with Crippen LogP contribution in [0.1, 0.15) is 10.6 Å². The molecule has 132 valence electrons. The highest BCUT2D eigenvalue weighted by atomic mass is 127. The molecule has 4 aromatic rings. The molecule has 3 nitrogen and oxygen atoms in total. The molecule has 0 saturated carbocycles. The summed E-state index contributed by atoms with van der Waals surface area (Å²) in [4.78, 5) is 6.82. The molecule has 2 heterocycles. The predicted octanol–water partition coefficient (Wildman–Crippen LogP) is 6.31. The van der Waals surface area contributed by atoms with E-state index in [-0.39, 0.29) is 11.6 Å². The Balaban J connectivity index is 1.93. The van der Waals surface area contributed by atoms with E-state index in [1.54, 1.807) is 29.5 Å². The first kappa shape index (κ1) is 17.4. The molecule has 0 bridgehead atoms. The second-order valence-electron chi connectivity index (χ2n) is 5.93. The summed E-state index contributed by atoms with van der Waals surface area (Å²) in [6.45, 7) is 4.09. The Morgan fingerprint density at radius 1 is 1.04 bits per heavy atom. The average Bonchev–Trinajstić information content (AvgIpc) is 3.07. The number of imidazole rings is 1. The van der Waals surface area contributed by atoms with Crippen LogP contribution in [0.5, 0.6) is 0 Å². The fourth-order valence-corrected chi connectivity index (χ4v) is 4.50. The Bertz CT molecular complexity index is 1120. The lowest BCUT2D eigenvalue weighted by Gasteiger charge is -2.10. The maximum Gasteiger partial charge on any atom is 0.196 e. The number of hydrogen-bond acceptors (Lipinski definition) is 3. The molecule has 2 aromatic carbocycles. The van der Waals surface area contributed by atoms with Crippen LogP contribution in [-0.2, 0) is 0 Å². The number of rotatable bonds is 3. The van der Waals surface area contributed by atoms with Crippen LogP contribution in [0.25, 0.3) is 16.2 Å². The van der Waals surface area contributed by atoms with Crippen molar-refractivity contribution in [3.8, 4) is 11.3 Å².